The number of esters is 3. The lowest BCUT2D eigenvalue weighted by molar-refractivity contribution is -0.167. The molecule has 1 atom stereocenters. The molecule has 0 saturated heterocycles. The lowest BCUT2D eigenvalue weighted by Crippen LogP contribution is -2.30. The van der Waals surface area contributed by atoms with Gasteiger partial charge in [0.2, 0.25) is 0 Å². The molecular weight excluding hydrogens is 997 g/mol. The Labute approximate surface area is 505 Å². The van der Waals surface area contributed by atoms with Crippen molar-refractivity contribution in [1.82, 2.24) is 0 Å². The Kier molecular flexibility index (Phi) is 67.6. The summed E-state index contributed by atoms with van der Waals surface area (Å²) in [6.45, 7) is 6.68. The molecule has 0 aromatic carbocycles. The highest BCUT2D eigenvalue weighted by Gasteiger charge is 2.19. The van der Waals surface area contributed by atoms with Crippen LogP contribution in [-0.4, -0.2) is 37.2 Å². The summed E-state index contributed by atoms with van der Waals surface area (Å²) in [5.74, 6) is -0.844. The van der Waals surface area contributed by atoms with E-state index >= 15 is 0 Å². The molecule has 1 unspecified atom stereocenters. The molecule has 0 rings (SSSR count). The van der Waals surface area contributed by atoms with Gasteiger partial charge < -0.3 is 14.2 Å². The van der Waals surface area contributed by atoms with Crippen LogP contribution in [0.15, 0.2) is 48.6 Å². The third-order valence-electron chi connectivity index (χ3n) is 16.3. The molecule has 6 nitrogen and oxygen atoms in total. The van der Waals surface area contributed by atoms with Gasteiger partial charge in [-0.3, -0.25) is 14.4 Å². The minimum Gasteiger partial charge on any atom is -0.462 e. The van der Waals surface area contributed by atoms with E-state index in [1.165, 1.54) is 283 Å². The van der Waals surface area contributed by atoms with Gasteiger partial charge in [0.25, 0.3) is 0 Å². The van der Waals surface area contributed by atoms with E-state index in [2.05, 4.69) is 69.4 Å². The molecule has 6 heteroatoms. The van der Waals surface area contributed by atoms with Crippen LogP contribution in [0.3, 0.4) is 0 Å². The van der Waals surface area contributed by atoms with Crippen molar-refractivity contribution in [2.45, 2.75) is 399 Å². The Bertz CT molecular complexity index is 1400. The summed E-state index contributed by atoms with van der Waals surface area (Å²) in [5.41, 5.74) is 0. The average Bonchev–Trinajstić information content (AvgIpc) is 3.47. The normalized spacial score (nSPS) is 12.3. The molecule has 0 aliphatic carbocycles. The first-order valence-corrected chi connectivity index (χ1v) is 36.1. The maximum absolute atomic E-state index is 12.9. The summed E-state index contributed by atoms with van der Waals surface area (Å²) < 4.78 is 17.0. The van der Waals surface area contributed by atoms with Crippen molar-refractivity contribution in [2.75, 3.05) is 13.2 Å². The first-order valence-electron chi connectivity index (χ1n) is 36.1. The molecule has 0 aliphatic heterocycles. The Balaban J connectivity index is 4.10. The Morgan fingerprint density at radius 3 is 0.704 bits per heavy atom. The molecule has 0 aromatic heterocycles. The second-order valence-electron chi connectivity index (χ2n) is 24.5. The molecule has 474 valence electrons. The Hall–Kier alpha value is -2.63. The average molecular weight is 1140 g/mol. The minimum atomic E-state index is -0.771. The fourth-order valence-electron chi connectivity index (χ4n) is 10.9. The second-order valence-corrected chi connectivity index (χ2v) is 24.5. The number of carbonyl (C=O) groups is 3. The van der Waals surface area contributed by atoms with Crippen LogP contribution in [0.1, 0.15) is 393 Å². The highest BCUT2D eigenvalue weighted by atomic mass is 16.6. The van der Waals surface area contributed by atoms with Gasteiger partial charge in [0.05, 0.1) is 0 Å². The lowest BCUT2D eigenvalue weighted by atomic mass is 10.0. The predicted molar refractivity (Wildman–Crippen MR) is 353 cm³/mol. The highest BCUT2D eigenvalue weighted by molar-refractivity contribution is 5.71. The van der Waals surface area contributed by atoms with Gasteiger partial charge in [-0.25, -0.2) is 0 Å². The maximum Gasteiger partial charge on any atom is 0.306 e. The van der Waals surface area contributed by atoms with Crippen LogP contribution in [0, 0.1) is 0 Å². The van der Waals surface area contributed by atoms with Gasteiger partial charge in [-0.2, -0.15) is 0 Å². The summed E-state index contributed by atoms with van der Waals surface area (Å²) in [6, 6.07) is 0. The summed E-state index contributed by atoms with van der Waals surface area (Å²) in [6.07, 6.45) is 88.7. The van der Waals surface area contributed by atoms with Gasteiger partial charge in [-0.1, -0.05) is 339 Å². The van der Waals surface area contributed by atoms with Crippen LogP contribution in [0.2, 0.25) is 0 Å². The van der Waals surface area contributed by atoms with E-state index in [4.69, 9.17) is 14.2 Å². The van der Waals surface area contributed by atoms with Crippen LogP contribution in [0.4, 0.5) is 0 Å². The van der Waals surface area contributed by atoms with Gasteiger partial charge in [0.15, 0.2) is 6.10 Å². The highest BCUT2D eigenvalue weighted by Crippen LogP contribution is 2.18. The van der Waals surface area contributed by atoms with E-state index in [1.807, 2.05) is 0 Å². The molecule has 0 fully saturated rings. The Morgan fingerprint density at radius 1 is 0.247 bits per heavy atom. The number of allylic oxidation sites excluding steroid dienone is 8. The monoisotopic (exact) mass is 1140 g/mol. The molecule has 0 saturated carbocycles. The van der Waals surface area contributed by atoms with Crippen molar-refractivity contribution < 1.29 is 28.6 Å². The van der Waals surface area contributed by atoms with Crippen LogP contribution in [-0.2, 0) is 28.6 Å². The predicted octanol–water partition coefficient (Wildman–Crippen LogP) is 24.9. The summed E-state index contributed by atoms with van der Waals surface area (Å²) in [5, 5.41) is 0. The van der Waals surface area contributed by atoms with E-state index in [1.54, 1.807) is 0 Å². The molecule has 0 N–H and O–H groups in total. The molecular formula is C75H138O6. The molecule has 0 aliphatic rings. The van der Waals surface area contributed by atoms with Crippen LogP contribution in [0.5, 0.6) is 0 Å². The van der Waals surface area contributed by atoms with E-state index in [-0.39, 0.29) is 31.1 Å². The number of hydrogen-bond donors (Lipinski definition) is 0. The van der Waals surface area contributed by atoms with E-state index in [0.29, 0.717) is 19.3 Å². The van der Waals surface area contributed by atoms with Crippen molar-refractivity contribution in [3.8, 4) is 0 Å². The quantitative estimate of drug-likeness (QED) is 0.0261. The lowest BCUT2D eigenvalue weighted by Gasteiger charge is -2.18. The van der Waals surface area contributed by atoms with Crippen molar-refractivity contribution >= 4 is 17.9 Å². The number of ether oxygens (including phenoxy) is 3. The largest absolute Gasteiger partial charge is 0.462 e. The SMILES string of the molecule is CCCCCCC/C=C\C/C=C\C/C=C\CCCCCCCCCCCCCCCCCCCCC(=O)OCC(COC(=O)CCCCCCCCCCCCC)OC(=O)CCCCCCCCCCC/C=C\CCCCCCCC. The third kappa shape index (κ3) is 68.0. The van der Waals surface area contributed by atoms with Gasteiger partial charge in [-0.05, 0) is 83.5 Å². The van der Waals surface area contributed by atoms with Crippen LogP contribution >= 0.6 is 0 Å². The first kappa shape index (κ1) is 78.4. The molecule has 0 amide bonds. The number of rotatable bonds is 67. The van der Waals surface area contributed by atoms with Crippen molar-refractivity contribution in [1.29, 1.82) is 0 Å². The van der Waals surface area contributed by atoms with Gasteiger partial charge in [0, 0.05) is 19.3 Å². The minimum absolute atomic E-state index is 0.0680. The molecule has 0 heterocycles. The summed E-state index contributed by atoms with van der Waals surface area (Å²) in [7, 11) is 0. The molecule has 0 radical (unpaired) electrons. The van der Waals surface area contributed by atoms with E-state index < -0.39 is 6.10 Å². The van der Waals surface area contributed by atoms with Crippen molar-refractivity contribution in [3.63, 3.8) is 0 Å². The first-order chi connectivity index (χ1) is 40.0. The number of unbranched alkanes of at least 4 members (excludes halogenated alkanes) is 48. The summed E-state index contributed by atoms with van der Waals surface area (Å²) >= 11 is 0. The zero-order chi connectivity index (χ0) is 58.5. The van der Waals surface area contributed by atoms with Crippen molar-refractivity contribution in [3.05, 3.63) is 48.6 Å². The fourth-order valence-corrected chi connectivity index (χ4v) is 10.9. The zero-order valence-corrected chi connectivity index (χ0v) is 54.6. The smallest absolute Gasteiger partial charge is 0.306 e. The van der Waals surface area contributed by atoms with Crippen LogP contribution in [0.25, 0.3) is 0 Å². The number of hydrogen-bond acceptors (Lipinski definition) is 6. The molecule has 0 bridgehead atoms. The maximum atomic E-state index is 12.9. The topological polar surface area (TPSA) is 78.9 Å². The second kappa shape index (κ2) is 69.9. The van der Waals surface area contributed by atoms with Gasteiger partial charge >= 0.3 is 17.9 Å². The van der Waals surface area contributed by atoms with E-state index in [0.717, 1.165) is 70.6 Å². The third-order valence-corrected chi connectivity index (χ3v) is 16.3. The van der Waals surface area contributed by atoms with Gasteiger partial charge in [-0.15, -0.1) is 0 Å². The van der Waals surface area contributed by atoms with E-state index in [9.17, 15) is 14.4 Å². The fraction of sp³-hybridized carbons (Fsp3) is 0.853. The molecule has 0 aromatic rings. The Morgan fingerprint density at radius 2 is 0.444 bits per heavy atom. The van der Waals surface area contributed by atoms with Crippen LogP contribution < -0.4 is 0 Å². The molecule has 0 spiro atoms. The summed E-state index contributed by atoms with van der Waals surface area (Å²) in [4.78, 5) is 38.3. The molecule has 81 heavy (non-hydrogen) atoms. The van der Waals surface area contributed by atoms with Gasteiger partial charge in [0.1, 0.15) is 13.2 Å². The van der Waals surface area contributed by atoms with Crippen molar-refractivity contribution in [2.24, 2.45) is 0 Å². The zero-order valence-electron chi connectivity index (χ0n) is 54.6. The standard InChI is InChI=1S/C75H138O6/c1-4-7-10-13-16-19-22-24-26-28-30-31-32-33-34-35-36-37-38-39-40-41-42-43-45-46-48-50-53-56-59-62-65-68-74(77)80-71-72(70-79-73(76)67-64-61-58-55-52-21-18-15-12-9-6-3)81-75(78)69-66-63-60-57-54-51-49-47-44-29-27-25-23-20-17-14-11-8-5-2/h22,24-25,27-28,30,32-33,72H,4-21,23,26,29,31,34-71H2,1-3H3/b24-22-,27-25-,30-28-,33-32-. The number of carbonyl (C=O) groups excluding carboxylic acids is 3.